The molecule has 1 aliphatic heterocycles. The van der Waals surface area contributed by atoms with Gasteiger partial charge in [0.25, 0.3) is 0 Å². The summed E-state index contributed by atoms with van der Waals surface area (Å²) in [6.45, 7) is 9.83. The van der Waals surface area contributed by atoms with E-state index in [1.165, 1.54) is 6.33 Å². The summed E-state index contributed by atoms with van der Waals surface area (Å²) in [6, 6.07) is -0.430. The molecule has 0 unspecified atom stereocenters. The van der Waals surface area contributed by atoms with Gasteiger partial charge in [0.2, 0.25) is 5.91 Å². The Hall–Kier alpha value is -2.26. The van der Waals surface area contributed by atoms with Crippen LogP contribution in [0.15, 0.2) is 12.7 Å². The number of fused-ring (bicyclic) bond motifs is 1. The number of rotatable bonds is 5. The van der Waals surface area contributed by atoms with E-state index in [0.29, 0.717) is 23.5 Å². The second kappa shape index (κ2) is 6.93. The predicted molar refractivity (Wildman–Crippen MR) is 93.9 cm³/mol. The van der Waals surface area contributed by atoms with Crippen molar-refractivity contribution in [2.75, 3.05) is 38.5 Å². The minimum Gasteiger partial charge on any atom is -0.382 e. The molecule has 0 saturated carbocycles. The van der Waals surface area contributed by atoms with Crippen LogP contribution in [0.25, 0.3) is 11.2 Å². The van der Waals surface area contributed by atoms with Crippen LogP contribution in [0.5, 0.6) is 0 Å². The van der Waals surface area contributed by atoms with Crippen molar-refractivity contribution >= 4 is 22.9 Å². The molecule has 2 aromatic heterocycles. The van der Waals surface area contributed by atoms with Crippen LogP contribution in [0.1, 0.15) is 26.8 Å². The Labute approximate surface area is 146 Å². The summed E-state index contributed by atoms with van der Waals surface area (Å²) in [5, 5.41) is 2.98. The number of carbonyl (C=O) groups is 1. The van der Waals surface area contributed by atoms with Gasteiger partial charge in [-0.2, -0.15) is 0 Å². The molecule has 0 spiro atoms. The first-order valence-corrected chi connectivity index (χ1v) is 8.44. The van der Waals surface area contributed by atoms with Crippen molar-refractivity contribution in [1.29, 1.82) is 0 Å². The van der Waals surface area contributed by atoms with Gasteiger partial charge in [-0.05, 0) is 20.8 Å². The maximum atomic E-state index is 12.5. The van der Waals surface area contributed by atoms with E-state index in [-0.39, 0.29) is 11.5 Å². The summed E-state index contributed by atoms with van der Waals surface area (Å²) < 4.78 is 7.41. The van der Waals surface area contributed by atoms with Crippen molar-refractivity contribution in [3.05, 3.63) is 12.7 Å². The number of nitrogens with zero attached hydrogens (tertiary/aromatic N) is 5. The highest BCUT2D eigenvalue weighted by Crippen LogP contribution is 2.19. The van der Waals surface area contributed by atoms with E-state index in [1.807, 2.05) is 6.92 Å². The van der Waals surface area contributed by atoms with Crippen LogP contribution >= 0.6 is 0 Å². The van der Waals surface area contributed by atoms with Crippen molar-refractivity contribution < 1.29 is 9.53 Å². The monoisotopic (exact) mass is 347 g/mol. The Morgan fingerprint density at radius 2 is 2.24 bits per heavy atom. The van der Waals surface area contributed by atoms with Gasteiger partial charge in [-0.3, -0.25) is 9.69 Å². The average Bonchev–Trinajstić information content (AvgIpc) is 2.98. The number of amides is 1. The molecule has 2 aromatic rings. The number of morpholine rings is 1. The molecule has 0 aliphatic carbocycles. The minimum atomic E-state index is -0.430. The quantitative estimate of drug-likeness (QED) is 0.794. The lowest BCUT2D eigenvalue weighted by atomic mass is 10.1. The van der Waals surface area contributed by atoms with Gasteiger partial charge >= 0.3 is 0 Å². The molecule has 1 atom stereocenters. The Bertz CT molecular complexity index is 758. The van der Waals surface area contributed by atoms with Crippen molar-refractivity contribution in [2.24, 2.45) is 0 Å². The normalized spacial score (nSPS) is 19.0. The molecule has 3 N–H and O–H groups in total. The first-order valence-electron chi connectivity index (χ1n) is 8.44. The molecule has 1 saturated heterocycles. The van der Waals surface area contributed by atoms with E-state index in [1.54, 1.807) is 10.9 Å². The number of anilines is 1. The maximum absolute atomic E-state index is 12.5. The van der Waals surface area contributed by atoms with Crippen molar-refractivity contribution in [3.8, 4) is 0 Å². The second-order valence-electron chi connectivity index (χ2n) is 6.93. The highest BCUT2D eigenvalue weighted by atomic mass is 16.5. The molecule has 3 heterocycles. The zero-order valence-electron chi connectivity index (χ0n) is 14.9. The fraction of sp³-hybridized carbons (Fsp3) is 0.625. The highest BCUT2D eigenvalue weighted by Gasteiger charge is 2.27. The topological polar surface area (TPSA) is 111 Å². The largest absolute Gasteiger partial charge is 0.382 e. The molecule has 1 fully saturated rings. The molecule has 3 rings (SSSR count). The van der Waals surface area contributed by atoms with E-state index >= 15 is 0 Å². The van der Waals surface area contributed by atoms with Crippen LogP contribution in [0.4, 0.5) is 5.82 Å². The van der Waals surface area contributed by atoms with Crippen molar-refractivity contribution in [2.45, 2.75) is 32.4 Å². The number of nitrogen functional groups attached to an aromatic ring is 1. The third-order valence-corrected chi connectivity index (χ3v) is 4.42. The van der Waals surface area contributed by atoms with E-state index in [2.05, 4.69) is 39.0 Å². The van der Waals surface area contributed by atoms with E-state index in [4.69, 9.17) is 10.5 Å². The second-order valence-corrected chi connectivity index (χ2v) is 6.93. The first kappa shape index (κ1) is 17.6. The van der Waals surface area contributed by atoms with E-state index in [9.17, 15) is 4.79 Å². The van der Waals surface area contributed by atoms with Crippen molar-refractivity contribution in [3.63, 3.8) is 0 Å². The van der Waals surface area contributed by atoms with Gasteiger partial charge in [0, 0.05) is 26.2 Å². The van der Waals surface area contributed by atoms with Crippen LogP contribution < -0.4 is 11.1 Å². The van der Waals surface area contributed by atoms with Crippen LogP contribution in [0.2, 0.25) is 0 Å². The van der Waals surface area contributed by atoms with Gasteiger partial charge in [-0.15, -0.1) is 0 Å². The van der Waals surface area contributed by atoms with Crippen LogP contribution in [0, 0.1) is 0 Å². The van der Waals surface area contributed by atoms with E-state index < -0.39 is 6.04 Å². The molecule has 0 bridgehead atoms. The molecular formula is C16H25N7O2. The third-order valence-electron chi connectivity index (χ3n) is 4.42. The van der Waals surface area contributed by atoms with Gasteiger partial charge in [-0.1, -0.05) is 0 Å². The van der Waals surface area contributed by atoms with Crippen LogP contribution in [-0.4, -0.2) is 68.7 Å². The van der Waals surface area contributed by atoms with Gasteiger partial charge in [0.15, 0.2) is 11.5 Å². The summed E-state index contributed by atoms with van der Waals surface area (Å²) in [5.74, 6) is 0.232. The molecular weight excluding hydrogens is 322 g/mol. The molecule has 1 aliphatic rings. The predicted octanol–water partition coefficient (Wildman–Crippen LogP) is 0.197. The highest BCUT2D eigenvalue weighted by molar-refractivity contribution is 5.85. The van der Waals surface area contributed by atoms with Gasteiger partial charge in [-0.25, -0.2) is 15.0 Å². The van der Waals surface area contributed by atoms with Crippen LogP contribution in [0.3, 0.4) is 0 Å². The van der Waals surface area contributed by atoms with Crippen molar-refractivity contribution in [1.82, 2.24) is 29.7 Å². The Kier molecular flexibility index (Phi) is 4.87. The lowest BCUT2D eigenvalue weighted by molar-refractivity contribution is -0.124. The molecule has 25 heavy (non-hydrogen) atoms. The smallest absolute Gasteiger partial charge is 0.242 e. The first-order chi connectivity index (χ1) is 11.9. The van der Waals surface area contributed by atoms with E-state index in [0.717, 1.165) is 26.2 Å². The summed E-state index contributed by atoms with van der Waals surface area (Å²) in [7, 11) is 0. The molecule has 0 radical (unpaired) electrons. The Morgan fingerprint density at radius 3 is 3.00 bits per heavy atom. The summed E-state index contributed by atoms with van der Waals surface area (Å²) in [6.07, 6.45) is 2.95. The summed E-state index contributed by atoms with van der Waals surface area (Å²) in [4.78, 5) is 27.1. The molecule has 136 valence electrons. The zero-order valence-corrected chi connectivity index (χ0v) is 14.9. The van der Waals surface area contributed by atoms with Gasteiger partial charge in [0.05, 0.1) is 18.5 Å². The third kappa shape index (κ3) is 3.88. The fourth-order valence-electron chi connectivity index (χ4n) is 3.07. The Morgan fingerprint density at radius 1 is 1.44 bits per heavy atom. The standard InChI is InChI=1S/C16H25N7O2/c1-11(23-10-21-12-13(17)19-9-20-14(12)23)15(24)18-4-5-22-6-7-25-16(2,3)8-22/h9-11H,4-8H2,1-3H3,(H,18,24)(H2,17,19,20)/t11-/m0/s1. The van der Waals surface area contributed by atoms with Gasteiger partial charge < -0.3 is 20.4 Å². The number of nitrogens with two attached hydrogens (primary N) is 1. The molecule has 9 heteroatoms. The molecule has 0 aromatic carbocycles. The summed E-state index contributed by atoms with van der Waals surface area (Å²) >= 11 is 0. The van der Waals surface area contributed by atoms with Crippen LogP contribution in [-0.2, 0) is 9.53 Å². The molecule has 1 amide bonds. The number of hydrogen-bond acceptors (Lipinski definition) is 7. The Balaban J connectivity index is 1.56. The number of ether oxygens (including phenoxy) is 1. The SMILES string of the molecule is C[C@@H](C(=O)NCCN1CCOC(C)(C)C1)n1cnc2c(N)ncnc21. The summed E-state index contributed by atoms with van der Waals surface area (Å²) in [5.41, 5.74) is 6.73. The molecule has 9 nitrogen and oxygen atoms in total. The lowest BCUT2D eigenvalue weighted by Gasteiger charge is -2.38. The average molecular weight is 347 g/mol. The maximum Gasteiger partial charge on any atom is 0.242 e. The number of nitrogens with one attached hydrogen (secondary N) is 1. The van der Waals surface area contributed by atoms with Gasteiger partial charge in [0.1, 0.15) is 17.9 Å². The zero-order chi connectivity index (χ0) is 18.0. The number of hydrogen-bond donors (Lipinski definition) is 2. The fourth-order valence-corrected chi connectivity index (χ4v) is 3.07. The number of imidazole rings is 1. The minimum absolute atomic E-state index is 0.0796. The number of carbonyl (C=O) groups excluding carboxylic acids is 1. The lowest BCUT2D eigenvalue weighted by Crippen LogP contribution is -2.50. The number of aromatic nitrogens is 4.